The molecule has 0 aliphatic carbocycles. The number of nitrogens with one attached hydrogen (secondary N) is 1. The molecule has 6 nitrogen and oxygen atoms in total. The fourth-order valence-electron chi connectivity index (χ4n) is 1.90. The summed E-state index contributed by atoms with van der Waals surface area (Å²) in [4.78, 5) is 29.2. The lowest BCUT2D eigenvalue weighted by molar-refractivity contribution is 0.102. The average Bonchev–Trinajstić information content (AvgIpc) is 2.96. The first kappa shape index (κ1) is 14.4. The number of anilines is 1. The molecule has 112 valence electrons. The zero-order chi connectivity index (χ0) is 15.7. The number of carbonyl (C=O) groups excluding carboxylic acids is 1. The molecular formula is C15H14N4O2S. The van der Waals surface area contributed by atoms with Crippen molar-refractivity contribution in [1.29, 1.82) is 0 Å². The van der Waals surface area contributed by atoms with E-state index >= 15 is 0 Å². The molecule has 1 amide bonds. The van der Waals surface area contributed by atoms with E-state index in [1.807, 2.05) is 19.9 Å². The number of fused-ring (bicyclic) bond motifs is 1. The molecular weight excluding hydrogens is 300 g/mol. The number of rotatable bonds is 3. The third-order valence-corrected chi connectivity index (χ3v) is 4.30. The molecule has 0 fully saturated rings. The molecule has 0 saturated heterocycles. The normalized spacial score (nSPS) is 11.0. The summed E-state index contributed by atoms with van der Waals surface area (Å²) >= 11 is 1.37. The highest BCUT2D eigenvalue weighted by Crippen LogP contribution is 2.20. The van der Waals surface area contributed by atoms with Gasteiger partial charge in [-0.25, -0.2) is 4.98 Å². The summed E-state index contributed by atoms with van der Waals surface area (Å²) in [6.07, 6.45) is 1.38. The van der Waals surface area contributed by atoms with Gasteiger partial charge in [-0.15, -0.1) is 0 Å². The molecule has 0 unspecified atom stereocenters. The molecule has 7 heteroatoms. The minimum Gasteiger partial charge on any atom is -0.316 e. The van der Waals surface area contributed by atoms with Crippen LogP contribution in [-0.4, -0.2) is 20.5 Å². The molecule has 1 aromatic carbocycles. The Morgan fingerprint density at radius 2 is 2.00 bits per heavy atom. The molecule has 2 aromatic heterocycles. The zero-order valence-electron chi connectivity index (χ0n) is 12.1. The molecule has 0 aliphatic rings. The van der Waals surface area contributed by atoms with E-state index in [1.54, 1.807) is 24.3 Å². The first-order chi connectivity index (χ1) is 10.6. The molecule has 1 N–H and O–H groups in total. The van der Waals surface area contributed by atoms with Gasteiger partial charge in [-0.3, -0.25) is 9.59 Å². The van der Waals surface area contributed by atoms with Crippen molar-refractivity contribution < 1.29 is 4.79 Å². The zero-order valence-corrected chi connectivity index (χ0v) is 12.9. The van der Waals surface area contributed by atoms with Crippen LogP contribution in [-0.2, 0) is 0 Å². The Morgan fingerprint density at radius 3 is 2.68 bits per heavy atom. The highest BCUT2D eigenvalue weighted by atomic mass is 32.1. The second-order valence-electron chi connectivity index (χ2n) is 5.09. The van der Waals surface area contributed by atoms with Crippen LogP contribution in [0.5, 0.6) is 0 Å². The van der Waals surface area contributed by atoms with Crippen LogP contribution in [0.2, 0.25) is 0 Å². The third kappa shape index (κ3) is 2.62. The van der Waals surface area contributed by atoms with Crippen molar-refractivity contribution >= 4 is 27.9 Å². The monoisotopic (exact) mass is 314 g/mol. The molecule has 22 heavy (non-hydrogen) atoms. The minimum atomic E-state index is -0.377. The van der Waals surface area contributed by atoms with Crippen molar-refractivity contribution in [2.75, 3.05) is 5.32 Å². The van der Waals surface area contributed by atoms with Gasteiger partial charge in [-0.1, -0.05) is 43.4 Å². The molecule has 0 saturated carbocycles. The van der Waals surface area contributed by atoms with Crippen LogP contribution in [0.25, 0.3) is 4.96 Å². The summed E-state index contributed by atoms with van der Waals surface area (Å²) in [7, 11) is 0. The maximum atomic E-state index is 12.4. The number of hydrogen-bond acceptors (Lipinski definition) is 5. The van der Waals surface area contributed by atoms with Crippen LogP contribution in [0, 0.1) is 0 Å². The largest absolute Gasteiger partial charge is 0.316 e. The van der Waals surface area contributed by atoms with E-state index in [-0.39, 0.29) is 23.1 Å². The van der Waals surface area contributed by atoms with E-state index in [0.29, 0.717) is 10.5 Å². The van der Waals surface area contributed by atoms with Gasteiger partial charge in [0.25, 0.3) is 11.5 Å². The van der Waals surface area contributed by atoms with E-state index in [4.69, 9.17) is 0 Å². The highest BCUT2D eigenvalue weighted by Gasteiger charge is 2.14. The van der Waals surface area contributed by atoms with Crippen LogP contribution in [0.4, 0.5) is 5.69 Å². The Morgan fingerprint density at radius 1 is 1.27 bits per heavy atom. The Labute approximate surface area is 130 Å². The van der Waals surface area contributed by atoms with Crippen LogP contribution in [0.1, 0.15) is 35.1 Å². The Balaban J connectivity index is 1.96. The SMILES string of the molecule is CC(C)c1nn2c(=O)c(NC(=O)c3ccccc3)cnc2s1. The Hall–Kier alpha value is -2.54. The maximum Gasteiger partial charge on any atom is 0.298 e. The molecule has 0 bridgehead atoms. The second-order valence-corrected chi connectivity index (χ2v) is 6.07. The van der Waals surface area contributed by atoms with Crippen molar-refractivity contribution in [2.45, 2.75) is 19.8 Å². The van der Waals surface area contributed by atoms with E-state index < -0.39 is 0 Å². The van der Waals surface area contributed by atoms with Crippen molar-refractivity contribution in [2.24, 2.45) is 0 Å². The number of carbonyl (C=O) groups is 1. The molecule has 2 heterocycles. The molecule has 0 aliphatic heterocycles. The van der Waals surface area contributed by atoms with Gasteiger partial charge in [0.1, 0.15) is 10.7 Å². The average molecular weight is 314 g/mol. The van der Waals surface area contributed by atoms with E-state index in [2.05, 4.69) is 15.4 Å². The molecule has 3 rings (SSSR count). The topological polar surface area (TPSA) is 76.4 Å². The lowest BCUT2D eigenvalue weighted by atomic mass is 10.2. The molecule has 0 radical (unpaired) electrons. The Bertz CT molecular complexity index is 883. The summed E-state index contributed by atoms with van der Waals surface area (Å²) in [5.74, 6) is -0.132. The maximum absolute atomic E-state index is 12.4. The number of benzene rings is 1. The van der Waals surface area contributed by atoms with E-state index in [1.165, 1.54) is 22.0 Å². The fraction of sp³-hybridized carbons (Fsp3) is 0.200. The van der Waals surface area contributed by atoms with Crippen LogP contribution >= 0.6 is 11.3 Å². The van der Waals surface area contributed by atoms with Gasteiger partial charge >= 0.3 is 0 Å². The molecule has 0 atom stereocenters. The summed E-state index contributed by atoms with van der Waals surface area (Å²) in [6.45, 7) is 4.00. The fourth-order valence-corrected chi connectivity index (χ4v) is 2.76. The van der Waals surface area contributed by atoms with E-state index in [9.17, 15) is 9.59 Å². The summed E-state index contributed by atoms with van der Waals surface area (Å²) in [5, 5.41) is 7.68. The third-order valence-electron chi connectivity index (χ3n) is 3.08. The van der Waals surface area contributed by atoms with Gasteiger partial charge in [-0.05, 0) is 12.1 Å². The van der Waals surface area contributed by atoms with Crippen LogP contribution in [0.3, 0.4) is 0 Å². The minimum absolute atomic E-state index is 0.118. The van der Waals surface area contributed by atoms with Gasteiger partial charge in [0.05, 0.1) is 6.20 Å². The lowest BCUT2D eigenvalue weighted by Crippen LogP contribution is -2.23. The number of aromatic nitrogens is 3. The van der Waals surface area contributed by atoms with Gasteiger partial charge < -0.3 is 5.32 Å². The summed E-state index contributed by atoms with van der Waals surface area (Å²) in [5.41, 5.74) is 0.220. The second kappa shape index (κ2) is 5.69. The van der Waals surface area contributed by atoms with E-state index in [0.717, 1.165) is 5.01 Å². The summed E-state index contributed by atoms with van der Waals surface area (Å²) < 4.78 is 1.24. The first-order valence-electron chi connectivity index (χ1n) is 6.81. The molecule has 0 spiro atoms. The van der Waals surface area contributed by atoms with Gasteiger partial charge in [0, 0.05) is 11.5 Å². The van der Waals surface area contributed by atoms with Crippen LogP contribution in [0.15, 0.2) is 41.3 Å². The van der Waals surface area contributed by atoms with Crippen LogP contribution < -0.4 is 10.9 Å². The van der Waals surface area contributed by atoms with Crippen molar-refractivity contribution in [3.63, 3.8) is 0 Å². The number of hydrogen-bond donors (Lipinski definition) is 1. The van der Waals surface area contributed by atoms with Gasteiger partial charge in [0.15, 0.2) is 0 Å². The predicted molar refractivity (Wildman–Crippen MR) is 85.6 cm³/mol. The van der Waals surface area contributed by atoms with Crippen molar-refractivity contribution in [3.05, 3.63) is 57.5 Å². The standard InChI is InChI=1S/C15H14N4O2S/c1-9(2)13-18-19-14(21)11(8-16-15(19)22-13)17-12(20)10-6-4-3-5-7-10/h3-9H,1-2H3,(H,17,20). The lowest BCUT2D eigenvalue weighted by Gasteiger charge is -2.03. The summed E-state index contributed by atoms with van der Waals surface area (Å²) in [6, 6.07) is 8.70. The smallest absolute Gasteiger partial charge is 0.298 e. The first-order valence-corrected chi connectivity index (χ1v) is 7.63. The quantitative estimate of drug-likeness (QED) is 0.806. The van der Waals surface area contributed by atoms with Crippen molar-refractivity contribution in [3.8, 4) is 0 Å². The molecule has 3 aromatic rings. The predicted octanol–water partition coefficient (Wildman–Crippen LogP) is 2.53. The number of nitrogens with zero attached hydrogens (tertiary/aromatic N) is 3. The van der Waals surface area contributed by atoms with Crippen molar-refractivity contribution in [1.82, 2.24) is 14.6 Å². The number of amides is 1. The Kier molecular flexibility index (Phi) is 3.72. The highest BCUT2D eigenvalue weighted by molar-refractivity contribution is 7.16. The van der Waals surface area contributed by atoms with Gasteiger partial charge in [-0.2, -0.15) is 9.61 Å². The van der Waals surface area contributed by atoms with Gasteiger partial charge in [0.2, 0.25) is 4.96 Å².